The Morgan fingerprint density at radius 1 is 0.898 bits per heavy atom. The molecule has 13 heteroatoms. The maximum atomic E-state index is 12.5. The van der Waals surface area contributed by atoms with E-state index in [0.29, 0.717) is 36.0 Å². The molecule has 5 aromatic rings. The Kier molecular flexibility index (Phi) is 18.1. The molecule has 0 radical (unpaired) electrons. The van der Waals surface area contributed by atoms with Crippen LogP contribution in [0, 0.1) is 0 Å². The fourth-order valence-corrected chi connectivity index (χ4v) is 6.55. The summed E-state index contributed by atoms with van der Waals surface area (Å²) in [5, 5.41) is 29.8. The molecule has 0 bridgehead atoms. The normalized spacial score (nSPS) is 13.2. The third-order valence-corrected chi connectivity index (χ3v) is 9.81. The average molecular weight is 807 g/mol. The van der Waals surface area contributed by atoms with Gasteiger partial charge in [-0.3, -0.25) is 19.7 Å². The number of amides is 3. The van der Waals surface area contributed by atoms with Crippen molar-refractivity contribution < 1.29 is 29.3 Å². The zero-order valence-electron chi connectivity index (χ0n) is 34.7. The van der Waals surface area contributed by atoms with E-state index < -0.39 is 12.2 Å². The number of aromatic hydroxyl groups is 1. The minimum Gasteiger partial charge on any atom is -0.506 e. The molecule has 2 heterocycles. The van der Waals surface area contributed by atoms with E-state index in [4.69, 9.17) is 4.74 Å². The number of pyridine rings is 1. The van der Waals surface area contributed by atoms with Crippen LogP contribution in [0.15, 0.2) is 108 Å². The standard InChI is InChI=1S/C24H31N3O3.C20H21N3O4.C2H6/c1-3-26(2)23(28)15-18-27-16-13-20(14-17-27)30-24(29)25-22-12-8-7-11-21(22)19-9-5-4-6-10-19;1-12(24)22-14-4-2-13(3-5-14)10-21-11-18(26)15-6-8-17(25)20-16(15)7-9-19(27)23-20;1-2/h4-12,20H,3,13-18H2,1-2H3,(H,25,29);2-9,18,21,25-26H,10-11H2,1H3,(H,22,24)(H,23,27);1-2H3/t;18-;/m.0./s1. The van der Waals surface area contributed by atoms with Crippen molar-refractivity contribution >= 4 is 40.2 Å². The number of phenolic OH excluding ortho intramolecular Hbond substituents is 1. The Labute approximate surface area is 346 Å². The Hall–Kier alpha value is -6.02. The van der Waals surface area contributed by atoms with Crippen LogP contribution in [-0.2, 0) is 20.9 Å². The van der Waals surface area contributed by atoms with Crippen LogP contribution in [0.3, 0.4) is 0 Å². The minimum atomic E-state index is -0.808. The average Bonchev–Trinajstić information content (AvgIpc) is 3.25. The topological polar surface area (TPSA) is 176 Å². The predicted octanol–water partition coefficient (Wildman–Crippen LogP) is 7.28. The van der Waals surface area contributed by atoms with E-state index >= 15 is 0 Å². The number of aromatic amines is 1. The highest BCUT2D eigenvalue weighted by molar-refractivity contribution is 5.91. The van der Waals surface area contributed by atoms with E-state index in [-0.39, 0.29) is 29.2 Å². The van der Waals surface area contributed by atoms with Gasteiger partial charge in [0.25, 0.3) is 0 Å². The Morgan fingerprint density at radius 3 is 2.25 bits per heavy atom. The lowest BCUT2D eigenvalue weighted by Gasteiger charge is -2.31. The number of fused-ring (bicyclic) bond motifs is 1. The molecule has 1 aliphatic heterocycles. The van der Waals surface area contributed by atoms with Crippen LogP contribution in [-0.4, -0.2) is 88.8 Å². The fraction of sp³-hybridized carbons (Fsp3) is 0.348. The molecular formula is C46H58N6O7. The van der Waals surface area contributed by atoms with Gasteiger partial charge in [-0.05, 0) is 66.8 Å². The molecule has 1 saturated heterocycles. The fourth-order valence-electron chi connectivity index (χ4n) is 6.55. The van der Waals surface area contributed by atoms with Crippen LogP contribution in [0.25, 0.3) is 22.0 Å². The van der Waals surface area contributed by atoms with E-state index in [9.17, 15) is 29.4 Å². The largest absolute Gasteiger partial charge is 0.506 e. The second-order valence-electron chi connectivity index (χ2n) is 14.0. The SMILES string of the molecule is CC.CC(=O)Nc1ccc(CNC[C@H](O)c2ccc(O)c3[nH]c(=O)ccc23)cc1.CCN(C)C(=O)CCN1CCC(OC(=O)Nc2ccccc2-c2ccccc2)CC1. The number of nitrogens with one attached hydrogen (secondary N) is 4. The summed E-state index contributed by atoms with van der Waals surface area (Å²) in [7, 11) is 1.83. The number of hydrogen-bond donors (Lipinski definition) is 6. The molecule has 13 nitrogen and oxygen atoms in total. The maximum absolute atomic E-state index is 12.5. The molecule has 0 aliphatic carbocycles. The van der Waals surface area contributed by atoms with E-state index in [0.717, 1.165) is 67.1 Å². The summed E-state index contributed by atoms with van der Waals surface area (Å²) in [6.45, 7) is 11.4. The lowest BCUT2D eigenvalue weighted by atomic mass is 10.0. The summed E-state index contributed by atoms with van der Waals surface area (Å²) >= 11 is 0. The van der Waals surface area contributed by atoms with E-state index in [1.807, 2.05) is 107 Å². The van der Waals surface area contributed by atoms with E-state index in [1.165, 1.54) is 19.1 Å². The number of likely N-dealkylation sites (tertiary alicyclic amines) is 1. The number of aliphatic hydroxyl groups is 1. The van der Waals surface area contributed by atoms with E-state index in [1.54, 1.807) is 17.0 Å². The van der Waals surface area contributed by atoms with Gasteiger partial charge in [-0.2, -0.15) is 0 Å². The van der Waals surface area contributed by atoms with Crippen molar-refractivity contribution in [2.75, 3.05) is 50.4 Å². The first-order valence-corrected chi connectivity index (χ1v) is 20.2. The molecule has 1 aliphatic rings. The lowest BCUT2D eigenvalue weighted by molar-refractivity contribution is -0.130. The number of piperidine rings is 1. The summed E-state index contributed by atoms with van der Waals surface area (Å²) in [6, 6.07) is 31.2. The quantitative estimate of drug-likeness (QED) is 0.0715. The maximum Gasteiger partial charge on any atom is 0.411 e. The van der Waals surface area contributed by atoms with E-state index in [2.05, 4.69) is 25.8 Å². The molecule has 1 atom stereocenters. The molecular weight excluding hydrogens is 749 g/mol. The monoisotopic (exact) mass is 806 g/mol. The number of carbonyl (C=O) groups excluding carboxylic acids is 3. The van der Waals surface area contributed by atoms with Crippen molar-refractivity contribution in [3.63, 3.8) is 0 Å². The van der Waals surface area contributed by atoms with Crippen LogP contribution >= 0.6 is 0 Å². The third-order valence-electron chi connectivity index (χ3n) is 9.81. The molecule has 6 N–H and O–H groups in total. The van der Waals surface area contributed by atoms with Crippen LogP contribution in [0.4, 0.5) is 16.2 Å². The Balaban J connectivity index is 0.000000251. The van der Waals surface area contributed by atoms with Gasteiger partial charge in [-0.25, -0.2) is 4.79 Å². The molecule has 0 saturated carbocycles. The van der Waals surface area contributed by atoms with Crippen LogP contribution < -0.4 is 21.5 Å². The van der Waals surface area contributed by atoms with Gasteiger partial charge in [-0.1, -0.05) is 80.6 Å². The second kappa shape index (κ2) is 23.4. The van der Waals surface area contributed by atoms with Crippen LogP contribution in [0.5, 0.6) is 5.75 Å². The van der Waals surface area contributed by atoms with Gasteiger partial charge in [0.15, 0.2) is 0 Å². The molecule has 1 fully saturated rings. The van der Waals surface area contributed by atoms with Gasteiger partial charge in [0.05, 0.1) is 17.3 Å². The van der Waals surface area contributed by atoms with Crippen molar-refractivity contribution in [3.05, 3.63) is 125 Å². The number of ether oxygens (including phenoxy) is 1. The van der Waals surface area contributed by atoms with Gasteiger partial charge in [-0.15, -0.1) is 0 Å². The predicted molar refractivity (Wildman–Crippen MR) is 234 cm³/mol. The number of carbonyl (C=O) groups is 3. The highest BCUT2D eigenvalue weighted by Gasteiger charge is 2.23. The molecule has 0 spiro atoms. The number of phenols is 1. The Morgan fingerprint density at radius 2 is 1.58 bits per heavy atom. The van der Waals surface area contributed by atoms with Crippen molar-refractivity contribution in [2.45, 2.75) is 65.7 Å². The number of aromatic nitrogens is 1. The molecule has 4 aromatic carbocycles. The summed E-state index contributed by atoms with van der Waals surface area (Å²) in [6.07, 6.45) is 0.775. The first-order valence-electron chi connectivity index (χ1n) is 20.2. The number of H-pyrrole nitrogens is 1. The smallest absolute Gasteiger partial charge is 0.411 e. The minimum absolute atomic E-state index is 0.0362. The highest BCUT2D eigenvalue weighted by atomic mass is 16.6. The first-order chi connectivity index (χ1) is 28.5. The summed E-state index contributed by atoms with van der Waals surface area (Å²) in [5.41, 5.74) is 5.11. The van der Waals surface area contributed by atoms with Crippen molar-refractivity contribution in [3.8, 4) is 16.9 Å². The van der Waals surface area contributed by atoms with Gasteiger partial charge in [0, 0.05) is 82.4 Å². The lowest BCUT2D eigenvalue weighted by Crippen LogP contribution is -2.40. The van der Waals surface area contributed by atoms with Gasteiger partial charge >= 0.3 is 6.09 Å². The molecule has 59 heavy (non-hydrogen) atoms. The summed E-state index contributed by atoms with van der Waals surface area (Å²) < 4.78 is 5.66. The summed E-state index contributed by atoms with van der Waals surface area (Å²) in [4.78, 5) is 53.5. The number of benzene rings is 4. The third kappa shape index (κ3) is 14.1. The van der Waals surface area contributed by atoms with Crippen molar-refractivity contribution in [1.29, 1.82) is 0 Å². The van der Waals surface area contributed by atoms with Gasteiger partial charge in [0.2, 0.25) is 17.4 Å². The molecule has 3 amide bonds. The second-order valence-corrected chi connectivity index (χ2v) is 14.0. The van der Waals surface area contributed by atoms with Crippen molar-refractivity contribution in [2.24, 2.45) is 0 Å². The van der Waals surface area contributed by atoms with Crippen molar-refractivity contribution in [1.82, 2.24) is 20.1 Å². The van der Waals surface area contributed by atoms with Crippen LogP contribution in [0.1, 0.15) is 64.2 Å². The first kappa shape index (κ1) is 45.7. The molecule has 1 aromatic heterocycles. The van der Waals surface area contributed by atoms with Crippen LogP contribution in [0.2, 0.25) is 0 Å². The van der Waals surface area contributed by atoms with Gasteiger partial charge in [0.1, 0.15) is 11.9 Å². The number of hydrogen-bond acceptors (Lipinski definition) is 9. The Bertz CT molecular complexity index is 2150. The molecule has 314 valence electrons. The molecule has 6 rings (SSSR count). The number of para-hydroxylation sites is 1. The number of rotatable bonds is 13. The number of aliphatic hydroxyl groups excluding tert-OH is 1. The zero-order valence-corrected chi connectivity index (χ0v) is 34.7. The number of anilines is 2. The summed E-state index contributed by atoms with van der Waals surface area (Å²) in [5.74, 6) is 0.0182. The number of nitrogens with zero attached hydrogens (tertiary/aromatic N) is 2. The zero-order chi connectivity index (χ0) is 42.7. The van der Waals surface area contributed by atoms with Gasteiger partial charge < -0.3 is 40.4 Å². The highest BCUT2D eigenvalue weighted by Crippen LogP contribution is 2.29. The molecule has 0 unspecified atom stereocenters.